The van der Waals surface area contributed by atoms with Crippen molar-refractivity contribution in [1.82, 2.24) is 8.96 Å². The molecule has 0 amide bonds. The second-order valence-corrected chi connectivity index (χ2v) is 13.5. The fraction of sp³-hybridized carbons (Fsp3) is 0.0233. The Kier molecular flexibility index (Phi) is 4.79. The number of aromatic nitrogens is 2. The zero-order valence-corrected chi connectivity index (χ0v) is 26.6. The number of hydrogen-bond donors (Lipinski definition) is 0. The molecular weight excluding hydrogens is 598 g/mol. The van der Waals surface area contributed by atoms with Gasteiger partial charge in [0.1, 0.15) is 17.2 Å². The average molecular weight is 624 g/mol. The van der Waals surface area contributed by atoms with Crippen LogP contribution in [0.3, 0.4) is 0 Å². The summed E-state index contributed by atoms with van der Waals surface area (Å²) in [5, 5.41) is 5.11. The first kappa shape index (κ1) is 25.9. The molecule has 0 atom stereocenters. The molecule has 5 heterocycles. The molecule has 3 aliphatic heterocycles. The molecule has 0 radical (unpaired) electrons. The quantitative estimate of drug-likeness (QED) is 0.189. The minimum Gasteiger partial charge on any atom is -0.497 e. The summed E-state index contributed by atoms with van der Waals surface area (Å²) in [4.78, 5) is 0. The van der Waals surface area contributed by atoms with Crippen LogP contribution in [0.2, 0.25) is 0 Å². The van der Waals surface area contributed by atoms with E-state index in [0.717, 1.165) is 17.2 Å². The first-order chi connectivity index (χ1) is 24.3. The van der Waals surface area contributed by atoms with E-state index in [9.17, 15) is 0 Å². The number of ether oxygens (including phenoxy) is 2. The molecular formula is C43H26B2N2O2. The highest BCUT2D eigenvalue weighted by molar-refractivity contribution is 6.91. The van der Waals surface area contributed by atoms with E-state index in [-0.39, 0.29) is 13.7 Å². The Balaban J connectivity index is 1.19. The Hall–Kier alpha value is -6.13. The van der Waals surface area contributed by atoms with Crippen molar-refractivity contribution in [2.45, 2.75) is 0 Å². The smallest absolute Gasteiger partial charge is 0.336 e. The van der Waals surface area contributed by atoms with Crippen LogP contribution in [0.25, 0.3) is 65.9 Å². The molecule has 3 aliphatic rings. The molecule has 226 valence electrons. The van der Waals surface area contributed by atoms with Crippen LogP contribution in [0, 0.1) is 0 Å². The maximum atomic E-state index is 6.80. The zero-order valence-electron chi connectivity index (χ0n) is 26.6. The summed E-state index contributed by atoms with van der Waals surface area (Å²) in [6.45, 7) is -0.149. The highest BCUT2D eigenvalue weighted by Crippen LogP contribution is 2.43. The van der Waals surface area contributed by atoms with Crippen molar-refractivity contribution in [1.29, 1.82) is 0 Å². The van der Waals surface area contributed by atoms with E-state index in [4.69, 9.17) is 9.47 Å². The minimum absolute atomic E-state index is 0.0401. The molecule has 0 spiro atoms. The number of fused-ring (bicyclic) bond motifs is 12. The van der Waals surface area contributed by atoms with E-state index in [1.807, 2.05) is 0 Å². The highest BCUT2D eigenvalue weighted by Gasteiger charge is 2.43. The van der Waals surface area contributed by atoms with Crippen LogP contribution in [0.4, 0.5) is 0 Å². The van der Waals surface area contributed by atoms with Gasteiger partial charge < -0.3 is 18.4 Å². The number of benzene rings is 7. The summed E-state index contributed by atoms with van der Waals surface area (Å²) >= 11 is 0. The lowest BCUT2D eigenvalue weighted by Gasteiger charge is -2.34. The lowest BCUT2D eigenvalue weighted by Crippen LogP contribution is -2.57. The molecule has 9 aromatic rings. The topological polar surface area (TPSA) is 28.3 Å². The molecule has 0 aliphatic carbocycles. The summed E-state index contributed by atoms with van der Waals surface area (Å²) in [7, 11) is 1.79. The summed E-state index contributed by atoms with van der Waals surface area (Å²) in [5.41, 5.74) is 14.8. The number of nitrogens with zero attached hydrogens (tertiary/aromatic N) is 2. The third kappa shape index (κ3) is 3.09. The van der Waals surface area contributed by atoms with E-state index in [2.05, 4.69) is 148 Å². The Morgan fingerprint density at radius 1 is 0.490 bits per heavy atom. The lowest BCUT2D eigenvalue weighted by atomic mass is 9.43. The first-order valence-corrected chi connectivity index (χ1v) is 17.0. The molecule has 0 saturated heterocycles. The summed E-state index contributed by atoms with van der Waals surface area (Å²) in [6, 6.07) is 51.0. The van der Waals surface area contributed by atoms with Gasteiger partial charge in [0.15, 0.2) is 0 Å². The zero-order chi connectivity index (χ0) is 32.0. The highest BCUT2D eigenvalue weighted by atomic mass is 16.5. The van der Waals surface area contributed by atoms with Crippen molar-refractivity contribution in [2.75, 3.05) is 7.11 Å². The monoisotopic (exact) mass is 624 g/mol. The number of rotatable bonds is 2. The van der Waals surface area contributed by atoms with Gasteiger partial charge >= 0.3 is 13.7 Å². The number of methoxy groups -OCH3 is 1. The van der Waals surface area contributed by atoms with Crippen LogP contribution in [0.5, 0.6) is 17.2 Å². The second kappa shape index (κ2) is 9.06. The fourth-order valence-corrected chi connectivity index (χ4v) is 9.50. The van der Waals surface area contributed by atoms with Gasteiger partial charge in [0.05, 0.1) is 7.11 Å². The van der Waals surface area contributed by atoms with Crippen LogP contribution in [0.15, 0.2) is 140 Å². The van der Waals surface area contributed by atoms with Gasteiger partial charge in [-0.25, -0.2) is 0 Å². The molecule has 12 rings (SSSR count). The van der Waals surface area contributed by atoms with Crippen molar-refractivity contribution in [3.63, 3.8) is 0 Å². The number of para-hydroxylation sites is 4. The molecule has 0 saturated carbocycles. The van der Waals surface area contributed by atoms with E-state index < -0.39 is 0 Å². The molecule has 2 aromatic heterocycles. The van der Waals surface area contributed by atoms with Gasteiger partial charge in [-0.1, -0.05) is 115 Å². The van der Waals surface area contributed by atoms with E-state index >= 15 is 0 Å². The van der Waals surface area contributed by atoms with Crippen molar-refractivity contribution in [3.05, 3.63) is 140 Å². The van der Waals surface area contributed by atoms with Crippen molar-refractivity contribution < 1.29 is 9.47 Å². The molecule has 0 fully saturated rings. The van der Waals surface area contributed by atoms with Gasteiger partial charge in [0, 0.05) is 60.2 Å². The molecule has 7 aromatic carbocycles. The van der Waals surface area contributed by atoms with Crippen molar-refractivity contribution >= 4 is 79.2 Å². The lowest BCUT2D eigenvalue weighted by molar-refractivity contribution is 0.418. The summed E-state index contributed by atoms with van der Waals surface area (Å²) in [5.74, 6) is 2.73. The summed E-state index contributed by atoms with van der Waals surface area (Å²) in [6.07, 6.45) is 0. The van der Waals surface area contributed by atoms with Crippen LogP contribution >= 0.6 is 0 Å². The molecule has 49 heavy (non-hydrogen) atoms. The Bertz CT molecular complexity index is 2940. The predicted octanol–water partition coefficient (Wildman–Crippen LogP) is 7.29. The van der Waals surface area contributed by atoms with Crippen molar-refractivity contribution in [3.8, 4) is 39.5 Å². The third-order valence-electron chi connectivity index (χ3n) is 11.3. The molecule has 0 bridgehead atoms. The van der Waals surface area contributed by atoms with Gasteiger partial charge in [-0.2, -0.15) is 0 Å². The Labute approximate surface area is 282 Å². The second-order valence-electron chi connectivity index (χ2n) is 13.5. The Morgan fingerprint density at radius 3 is 1.76 bits per heavy atom. The molecule has 4 nitrogen and oxygen atoms in total. The van der Waals surface area contributed by atoms with Crippen LogP contribution < -0.4 is 31.3 Å². The van der Waals surface area contributed by atoms with Crippen LogP contribution in [-0.4, -0.2) is 29.8 Å². The Morgan fingerprint density at radius 2 is 1.06 bits per heavy atom. The van der Waals surface area contributed by atoms with Gasteiger partial charge in [-0.15, -0.1) is 0 Å². The fourth-order valence-electron chi connectivity index (χ4n) is 9.50. The largest absolute Gasteiger partial charge is 0.497 e. The molecule has 6 heteroatoms. The first-order valence-electron chi connectivity index (χ1n) is 17.0. The predicted molar refractivity (Wildman–Crippen MR) is 204 cm³/mol. The van der Waals surface area contributed by atoms with Gasteiger partial charge in [-0.05, 0) is 52.4 Å². The third-order valence-corrected chi connectivity index (χ3v) is 11.3. The summed E-state index contributed by atoms with van der Waals surface area (Å²) < 4.78 is 18.1. The average Bonchev–Trinajstić information content (AvgIpc) is 3.68. The minimum atomic E-state index is -0.109. The van der Waals surface area contributed by atoms with Crippen LogP contribution in [-0.2, 0) is 0 Å². The molecule has 0 N–H and O–H groups in total. The number of hydrogen-bond acceptors (Lipinski definition) is 2. The normalized spacial score (nSPS) is 13.5. The standard InChI is InChI=1S/C43H26B2N2O2/c1-48-38-20-8-12-28-32-16-6-14-30-26-10-2-4-18-35(26)46(42(30)32)44(40(28)38)25-22-23-37-34(24-25)45-41-29(13-9-21-39(41)49-37)33-17-7-15-31-27-11-3-5-19-36(27)47(45)43(31)33/h2-24H,1H3. The van der Waals surface area contributed by atoms with Gasteiger partial charge in [0.25, 0.3) is 0 Å². The van der Waals surface area contributed by atoms with Crippen molar-refractivity contribution in [2.24, 2.45) is 0 Å². The molecule has 0 unspecified atom stereocenters. The van der Waals surface area contributed by atoms with E-state index in [1.165, 1.54) is 87.7 Å². The van der Waals surface area contributed by atoms with E-state index in [0.29, 0.717) is 0 Å². The van der Waals surface area contributed by atoms with Gasteiger partial charge in [-0.3, -0.25) is 0 Å². The SMILES string of the molecule is COc1cccc2c1B(c1ccc3c(c1)B1c4c(cccc4-c4cccc5c6ccccc6n1c45)O3)n1c3ccccc3c3cccc-2c31. The maximum absolute atomic E-state index is 6.80. The van der Waals surface area contributed by atoms with E-state index in [1.54, 1.807) is 7.11 Å². The maximum Gasteiger partial charge on any atom is 0.336 e. The van der Waals surface area contributed by atoms with Gasteiger partial charge in [0.2, 0.25) is 0 Å². The van der Waals surface area contributed by atoms with Crippen LogP contribution in [0.1, 0.15) is 0 Å².